The molecule has 0 radical (unpaired) electrons. The molecule has 1 fully saturated rings. The van der Waals surface area contributed by atoms with Crippen molar-refractivity contribution < 1.29 is 4.79 Å². The number of likely N-dealkylation sites (N-methyl/N-ethyl adjacent to an activating group) is 1. The number of rotatable bonds is 6. The summed E-state index contributed by atoms with van der Waals surface area (Å²) in [5.41, 5.74) is 0.567. The van der Waals surface area contributed by atoms with Gasteiger partial charge in [-0.1, -0.05) is 30.1 Å². The third kappa shape index (κ3) is 4.09. The van der Waals surface area contributed by atoms with Gasteiger partial charge in [-0.2, -0.15) is 0 Å². The molecule has 1 aromatic rings. The van der Waals surface area contributed by atoms with Crippen molar-refractivity contribution in [2.45, 2.75) is 19.4 Å². The first-order chi connectivity index (χ1) is 9.60. The van der Waals surface area contributed by atoms with Crippen LogP contribution in [0, 0.1) is 0 Å². The van der Waals surface area contributed by atoms with Crippen LogP contribution < -0.4 is 10.6 Å². The molecule has 1 saturated heterocycles. The van der Waals surface area contributed by atoms with Gasteiger partial charge in [0.2, 0.25) is 5.91 Å². The Labute approximate surface area is 129 Å². The number of benzene rings is 1. The number of nitrogens with zero attached hydrogens (tertiary/aromatic N) is 1. The molecule has 1 aliphatic heterocycles. The molecule has 0 aliphatic carbocycles. The second kappa shape index (κ2) is 7.27. The minimum atomic E-state index is -0.0418. The van der Waals surface area contributed by atoms with Crippen LogP contribution in [0.1, 0.15) is 13.3 Å². The molecule has 1 aromatic carbocycles. The zero-order chi connectivity index (χ0) is 14.5. The number of hydrogen-bond acceptors (Lipinski definition) is 3. The lowest BCUT2D eigenvalue weighted by atomic mass is 10.1. The third-order valence-electron chi connectivity index (χ3n) is 3.51. The molecule has 6 heteroatoms. The van der Waals surface area contributed by atoms with Gasteiger partial charge in [0.1, 0.15) is 0 Å². The van der Waals surface area contributed by atoms with Gasteiger partial charge >= 0.3 is 0 Å². The fraction of sp³-hybridized carbons (Fsp3) is 0.500. The molecule has 0 bridgehead atoms. The zero-order valence-electron chi connectivity index (χ0n) is 11.5. The van der Waals surface area contributed by atoms with Crippen LogP contribution in [0.2, 0.25) is 10.0 Å². The summed E-state index contributed by atoms with van der Waals surface area (Å²) in [5.74, 6) is -0.0418. The Hall–Kier alpha value is -0.810. The maximum absolute atomic E-state index is 12.0. The maximum atomic E-state index is 12.0. The predicted octanol–water partition coefficient (Wildman–Crippen LogP) is 2.62. The third-order valence-corrected chi connectivity index (χ3v) is 4.08. The maximum Gasteiger partial charge on any atom is 0.225 e. The summed E-state index contributed by atoms with van der Waals surface area (Å²) in [6.45, 7) is 5.85. The molecule has 0 atom stereocenters. The van der Waals surface area contributed by atoms with Crippen molar-refractivity contribution >= 4 is 34.8 Å². The molecular weight excluding hydrogens is 297 g/mol. The molecule has 0 aromatic heterocycles. The number of amides is 1. The van der Waals surface area contributed by atoms with E-state index in [1.54, 1.807) is 18.2 Å². The first-order valence-electron chi connectivity index (χ1n) is 6.80. The molecule has 0 unspecified atom stereocenters. The lowest BCUT2D eigenvalue weighted by Crippen LogP contribution is -2.57. The van der Waals surface area contributed by atoms with E-state index in [-0.39, 0.29) is 5.91 Å². The molecule has 2 rings (SSSR count). The second-order valence-electron chi connectivity index (χ2n) is 4.86. The number of halogens is 2. The normalized spacial score (nSPS) is 15.2. The summed E-state index contributed by atoms with van der Waals surface area (Å²) in [5, 5.41) is 7.11. The summed E-state index contributed by atoms with van der Waals surface area (Å²) in [4.78, 5) is 14.3. The SMILES string of the molecule is CCN(CCC(=O)Nc1cc(Cl)ccc1Cl)C1CNC1. The molecule has 2 N–H and O–H groups in total. The van der Waals surface area contributed by atoms with Crippen molar-refractivity contribution in [2.75, 3.05) is 31.5 Å². The van der Waals surface area contributed by atoms with E-state index < -0.39 is 0 Å². The van der Waals surface area contributed by atoms with Gasteiger partial charge in [-0.05, 0) is 24.7 Å². The number of hydrogen-bond donors (Lipinski definition) is 2. The molecular formula is C14H19Cl2N3O. The van der Waals surface area contributed by atoms with E-state index in [4.69, 9.17) is 23.2 Å². The van der Waals surface area contributed by atoms with Crippen molar-refractivity contribution in [1.29, 1.82) is 0 Å². The van der Waals surface area contributed by atoms with Gasteiger partial charge in [-0.3, -0.25) is 9.69 Å². The van der Waals surface area contributed by atoms with Gasteiger partial charge in [0.15, 0.2) is 0 Å². The molecule has 1 aliphatic rings. The second-order valence-corrected chi connectivity index (χ2v) is 5.71. The largest absolute Gasteiger partial charge is 0.325 e. The van der Waals surface area contributed by atoms with Crippen molar-refractivity contribution in [3.8, 4) is 0 Å². The summed E-state index contributed by atoms with van der Waals surface area (Å²) < 4.78 is 0. The van der Waals surface area contributed by atoms with E-state index in [1.807, 2.05) is 0 Å². The van der Waals surface area contributed by atoms with Crippen LogP contribution in [0.4, 0.5) is 5.69 Å². The highest BCUT2D eigenvalue weighted by Gasteiger charge is 2.23. The topological polar surface area (TPSA) is 44.4 Å². The highest BCUT2D eigenvalue weighted by Crippen LogP contribution is 2.25. The van der Waals surface area contributed by atoms with Gasteiger partial charge in [0.05, 0.1) is 10.7 Å². The van der Waals surface area contributed by atoms with Crippen molar-refractivity contribution in [1.82, 2.24) is 10.2 Å². The van der Waals surface area contributed by atoms with Crippen LogP contribution in [0.5, 0.6) is 0 Å². The smallest absolute Gasteiger partial charge is 0.225 e. The quantitative estimate of drug-likeness (QED) is 0.848. The molecule has 20 heavy (non-hydrogen) atoms. The monoisotopic (exact) mass is 315 g/mol. The summed E-state index contributed by atoms with van der Waals surface area (Å²) >= 11 is 11.9. The van der Waals surface area contributed by atoms with Crippen LogP contribution in [0.3, 0.4) is 0 Å². The number of carbonyl (C=O) groups is 1. The minimum Gasteiger partial charge on any atom is -0.325 e. The van der Waals surface area contributed by atoms with E-state index in [2.05, 4.69) is 22.5 Å². The Morgan fingerprint density at radius 3 is 2.80 bits per heavy atom. The molecule has 0 spiro atoms. The molecule has 1 amide bonds. The highest BCUT2D eigenvalue weighted by molar-refractivity contribution is 6.35. The molecule has 1 heterocycles. The van der Waals surface area contributed by atoms with Crippen molar-refractivity contribution in [3.63, 3.8) is 0 Å². The van der Waals surface area contributed by atoms with E-state index in [0.717, 1.165) is 26.2 Å². The lowest BCUT2D eigenvalue weighted by molar-refractivity contribution is -0.116. The number of carbonyl (C=O) groups excluding carboxylic acids is 1. The Morgan fingerprint density at radius 1 is 1.45 bits per heavy atom. The molecule has 0 saturated carbocycles. The van der Waals surface area contributed by atoms with Crippen molar-refractivity contribution in [2.24, 2.45) is 0 Å². The average molecular weight is 316 g/mol. The lowest BCUT2D eigenvalue weighted by Gasteiger charge is -2.37. The minimum absolute atomic E-state index is 0.0418. The zero-order valence-corrected chi connectivity index (χ0v) is 13.0. The van der Waals surface area contributed by atoms with E-state index in [9.17, 15) is 4.79 Å². The van der Waals surface area contributed by atoms with Gasteiger partial charge < -0.3 is 10.6 Å². The van der Waals surface area contributed by atoms with Crippen LogP contribution in [0.25, 0.3) is 0 Å². The van der Waals surface area contributed by atoms with E-state index in [1.165, 1.54) is 0 Å². The first-order valence-corrected chi connectivity index (χ1v) is 7.55. The van der Waals surface area contributed by atoms with Crippen LogP contribution in [-0.4, -0.2) is 43.0 Å². The fourth-order valence-corrected chi connectivity index (χ4v) is 2.52. The Morgan fingerprint density at radius 2 is 2.20 bits per heavy atom. The van der Waals surface area contributed by atoms with E-state index in [0.29, 0.717) is 28.2 Å². The van der Waals surface area contributed by atoms with Crippen molar-refractivity contribution in [3.05, 3.63) is 28.2 Å². The van der Waals surface area contributed by atoms with Crippen LogP contribution in [-0.2, 0) is 4.79 Å². The standard InChI is InChI=1S/C14H19Cl2N3O/c1-2-19(11-8-17-9-11)6-5-14(20)18-13-7-10(15)3-4-12(13)16/h3-4,7,11,17H,2,5-6,8-9H2,1H3,(H,18,20). The average Bonchev–Trinajstić information content (AvgIpc) is 2.36. The Bertz CT molecular complexity index is 477. The Kier molecular flexibility index (Phi) is 5.66. The van der Waals surface area contributed by atoms with Gasteiger partial charge in [0.25, 0.3) is 0 Å². The Balaban J connectivity index is 1.84. The summed E-state index contributed by atoms with van der Waals surface area (Å²) in [6.07, 6.45) is 0.452. The highest BCUT2D eigenvalue weighted by atomic mass is 35.5. The van der Waals surface area contributed by atoms with E-state index >= 15 is 0 Å². The molecule has 4 nitrogen and oxygen atoms in total. The summed E-state index contributed by atoms with van der Waals surface area (Å²) in [7, 11) is 0. The predicted molar refractivity (Wildman–Crippen MR) is 83.6 cm³/mol. The first kappa shape index (κ1) is 15.6. The molecule has 110 valence electrons. The van der Waals surface area contributed by atoms with Gasteiger partial charge in [-0.15, -0.1) is 0 Å². The van der Waals surface area contributed by atoms with Crippen LogP contribution >= 0.6 is 23.2 Å². The number of nitrogens with one attached hydrogen (secondary N) is 2. The van der Waals surface area contributed by atoms with Gasteiger partial charge in [0, 0.05) is 37.1 Å². The fourth-order valence-electron chi connectivity index (χ4n) is 2.18. The van der Waals surface area contributed by atoms with Gasteiger partial charge in [-0.25, -0.2) is 0 Å². The number of anilines is 1. The van der Waals surface area contributed by atoms with Crippen LogP contribution in [0.15, 0.2) is 18.2 Å². The summed E-state index contributed by atoms with van der Waals surface area (Å²) in [6, 6.07) is 5.59.